The highest BCUT2D eigenvalue weighted by Crippen LogP contribution is 2.61. The number of ketones is 2. The highest BCUT2D eigenvalue weighted by molar-refractivity contribution is 8.16. The first-order valence-electron chi connectivity index (χ1n) is 14.9. The van der Waals surface area contributed by atoms with E-state index in [1.807, 2.05) is 0 Å². The maximum Gasteiger partial charge on any atom is 0.335 e. The Morgan fingerprint density at radius 1 is 1.02 bits per heavy atom. The van der Waals surface area contributed by atoms with Crippen molar-refractivity contribution < 1.29 is 64.1 Å². The molecule has 3 saturated carbocycles. The molecule has 254 valence electrons. The van der Waals surface area contributed by atoms with E-state index in [1.54, 1.807) is 13.8 Å². The van der Waals surface area contributed by atoms with Gasteiger partial charge in [-0.3, -0.25) is 33.1 Å². The van der Waals surface area contributed by atoms with Crippen molar-refractivity contribution in [2.24, 2.45) is 29.6 Å². The van der Waals surface area contributed by atoms with Crippen LogP contribution in [0.5, 0.6) is 0 Å². The van der Waals surface area contributed by atoms with Gasteiger partial charge in [0.2, 0.25) is 9.86 Å². The van der Waals surface area contributed by atoms with E-state index < -0.39 is 94.3 Å². The van der Waals surface area contributed by atoms with Crippen LogP contribution < -0.4 is 0 Å². The summed E-state index contributed by atoms with van der Waals surface area (Å²) in [6.07, 6.45) is 3.63. The zero-order valence-electron chi connectivity index (χ0n) is 25.5. The van der Waals surface area contributed by atoms with Crippen molar-refractivity contribution in [2.75, 3.05) is 13.2 Å². The lowest BCUT2D eigenvalue weighted by Gasteiger charge is -2.36. The molecule has 2 N–H and O–H groups in total. The average molecular weight is 697 g/mol. The van der Waals surface area contributed by atoms with E-state index in [2.05, 4.69) is 0 Å². The molecule has 0 aromatic carbocycles. The molecule has 1 aliphatic heterocycles. The first kappa shape index (κ1) is 35.9. The van der Waals surface area contributed by atoms with E-state index in [1.165, 1.54) is 0 Å². The largest absolute Gasteiger partial charge is 0.464 e. The average Bonchev–Trinajstić information content (AvgIpc) is 3.52. The summed E-state index contributed by atoms with van der Waals surface area (Å²) in [7, 11) is -10.3. The van der Waals surface area contributed by atoms with Crippen LogP contribution in [0.4, 0.5) is 0 Å². The first-order chi connectivity index (χ1) is 20.7. The van der Waals surface area contributed by atoms with Gasteiger partial charge in [-0.05, 0) is 57.3 Å². The Labute approximate surface area is 266 Å². The number of fused-ring (bicyclic) bond motifs is 1. The first-order valence-corrected chi connectivity index (χ1v) is 18.6. The topological polar surface area (TPSA) is 222 Å². The molecule has 14 nitrogen and oxygen atoms in total. The number of thioether (sulfide) groups is 1. The Morgan fingerprint density at radius 3 is 2.20 bits per heavy atom. The van der Waals surface area contributed by atoms with Gasteiger partial charge in [-0.1, -0.05) is 44.9 Å². The number of hydrogen-bond donors (Lipinski definition) is 2. The summed E-state index contributed by atoms with van der Waals surface area (Å²) in [5.41, 5.74) is 0. The molecule has 8 unspecified atom stereocenters. The predicted octanol–water partition coefficient (Wildman–Crippen LogP) is 1.79. The number of ether oxygens (including phenoxy) is 3. The van der Waals surface area contributed by atoms with Crippen molar-refractivity contribution in [3.8, 4) is 0 Å². The molecule has 0 aromatic rings. The fraction of sp³-hybridized carbons (Fsp3) is 0.821. The highest BCUT2D eigenvalue weighted by Gasteiger charge is 2.67. The summed E-state index contributed by atoms with van der Waals surface area (Å²) < 4.78 is 80.0. The molecule has 0 radical (unpaired) electrons. The third-order valence-corrected chi connectivity index (χ3v) is 13.7. The second-order valence-corrected chi connectivity index (χ2v) is 18.3. The Bertz CT molecular complexity index is 1450. The zero-order chi connectivity index (χ0) is 33.7. The molecule has 8 atom stereocenters. The van der Waals surface area contributed by atoms with Crippen LogP contribution in [-0.2, 0) is 58.4 Å². The number of hydrogen-bond acceptors (Lipinski definition) is 13. The Kier molecular flexibility index (Phi) is 10.3. The second kappa shape index (κ2) is 12.9. The smallest absolute Gasteiger partial charge is 0.335 e. The lowest BCUT2D eigenvalue weighted by Crippen LogP contribution is -2.52. The maximum absolute atomic E-state index is 13.2. The molecule has 3 aliphatic carbocycles. The second-order valence-electron chi connectivity index (χ2n) is 13.3. The van der Waals surface area contributed by atoms with Gasteiger partial charge in [-0.2, -0.15) is 16.8 Å². The minimum atomic E-state index is -5.15. The fourth-order valence-electron chi connectivity index (χ4n) is 7.37. The van der Waals surface area contributed by atoms with E-state index in [4.69, 9.17) is 14.2 Å². The molecule has 4 fully saturated rings. The third kappa shape index (κ3) is 7.17. The molecule has 17 heteroatoms. The van der Waals surface area contributed by atoms with Crippen molar-refractivity contribution in [3.63, 3.8) is 0 Å². The molecule has 2 bridgehead atoms. The third-order valence-electron chi connectivity index (χ3n) is 9.85. The summed E-state index contributed by atoms with van der Waals surface area (Å²) in [5.74, 6) is -5.78. The van der Waals surface area contributed by atoms with Crippen LogP contribution in [0.15, 0.2) is 0 Å². The van der Waals surface area contributed by atoms with Crippen LogP contribution in [-0.4, -0.2) is 94.7 Å². The normalized spacial score (nSPS) is 30.4. The van der Waals surface area contributed by atoms with Crippen molar-refractivity contribution in [3.05, 3.63) is 0 Å². The SMILES string of the molecule is CC(=O)C(C)(C(=O)COC1C2CC3C1OC(=O)C3C2CC(C)(C)SC(=O)C(C(=O)OCC1CCCCC1)S(=O)(=O)O)S(=O)(=O)O. The number of esters is 2. The number of carbonyl (C=O) groups excluding carboxylic acids is 5. The van der Waals surface area contributed by atoms with Crippen molar-refractivity contribution >= 4 is 60.6 Å². The van der Waals surface area contributed by atoms with Crippen LogP contribution >= 0.6 is 11.8 Å². The zero-order valence-corrected chi connectivity index (χ0v) is 28.0. The lowest BCUT2D eigenvalue weighted by molar-refractivity contribution is -0.149. The summed E-state index contributed by atoms with van der Waals surface area (Å²) in [4.78, 5) is 63.6. The summed E-state index contributed by atoms with van der Waals surface area (Å²) in [5, 5.41) is -3.56. The maximum atomic E-state index is 13.2. The van der Waals surface area contributed by atoms with Crippen LogP contribution in [0.2, 0.25) is 0 Å². The van der Waals surface area contributed by atoms with Gasteiger partial charge in [-0.25, -0.2) is 0 Å². The van der Waals surface area contributed by atoms with Gasteiger partial charge in [0.25, 0.3) is 25.5 Å². The standard InChI is InChI=1S/C28H40O14S3/c1-14(29)28(4,45(37,38)39)19(30)13-40-21-16-10-17-20(24(31)42-22(17)21)18(16)11-27(2,3)43-26(33)23(44(34,35)36)25(32)41-12-15-8-6-5-7-9-15/h15-18,20-23H,5-13H2,1-4H3,(H,34,35,36)(H,37,38,39). The molecule has 0 spiro atoms. The van der Waals surface area contributed by atoms with Crippen LogP contribution in [0, 0.1) is 29.6 Å². The molecule has 1 heterocycles. The van der Waals surface area contributed by atoms with Crippen LogP contribution in [0.3, 0.4) is 0 Å². The van der Waals surface area contributed by atoms with Crippen molar-refractivity contribution in [2.45, 2.75) is 99.6 Å². The lowest BCUT2D eigenvalue weighted by atomic mass is 9.74. The van der Waals surface area contributed by atoms with E-state index in [9.17, 15) is 49.9 Å². The van der Waals surface area contributed by atoms with Crippen LogP contribution in [0.1, 0.15) is 72.6 Å². The van der Waals surface area contributed by atoms with Gasteiger partial charge in [0.05, 0.1) is 18.6 Å². The van der Waals surface area contributed by atoms with E-state index in [0.717, 1.165) is 46.0 Å². The Morgan fingerprint density at radius 2 is 1.64 bits per heavy atom. The molecule has 4 aliphatic rings. The van der Waals surface area contributed by atoms with Crippen LogP contribution in [0.25, 0.3) is 0 Å². The van der Waals surface area contributed by atoms with Gasteiger partial charge in [0, 0.05) is 10.7 Å². The minimum absolute atomic E-state index is 0.0476. The van der Waals surface area contributed by atoms with E-state index >= 15 is 0 Å². The van der Waals surface area contributed by atoms with Gasteiger partial charge in [0.15, 0.2) is 11.6 Å². The van der Waals surface area contributed by atoms with Gasteiger partial charge in [-0.15, -0.1) is 0 Å². The molecular formula is C28H40O14S3. The van der Waals surface area contributed by atoms with Gasteiger partial charge >= 0.3 is 11.9 Å². The Balaban J connectivity index is 1.45. The molecule has 1 saturated heterocycles. The molecular weight excluding hydrogens is 656 g/mol. The number of Topliss-reactive ketones (excluding diaryl/α,β-unsaturated/α-hetero) is 2. The number of rotatable bonds is 14. The minimum Gasteiger partial charge on any atom is -0.464 e. The van der Waals surface area contributed by atoms with E-state index in [-0.39, 0.29) is 30.8 Å². The summed E-state index contributed by atoms with van der Waals surface area (Å²) in [6, 6.07) is 0. The fourth-order valence-corrected chi connectivity index (χ4v) is 10.2. The quantitative estimate of drug-likeness (QED) is 0.150. The molecule has 45 heavy (non-hydrogen) atoms. The molecule has 4 rings (SSSR count). The summed E-state index contributed by atoms with van der Waals surface area (Å²) in [6.45, 7) is 3.97. The summed E-state index contributed by atoms with van der Waals surface area (Å²) >= 11 is 0.539. The monoisotopic (exact) mass is 696 g/mol. The van der Waals surface area contributed by atoms with Crippen molar-refractivity contribution in [1.82, 2.24) is 0 Å². The van der Waals surface area contributed by atoms with Gasteiger partial charge in [0.1, 0.15) is 12.7 Å². The molecule has 0 amide bonds. The molecule has 0 aromatic heterocycles. The highest BCUT2D eigenvalue weighted by atomic mass is 32.2. The predicted molar refractivity (Wildman–Crippen MR) is 158 cm³/mol. The number of carbonyl (C=O) groups is 5. The van der Waals surface area contributed by atoms with E-state index in [0.29, 0.717) is 18.2 Å². The van der Waals surface area contributed by atoms with Crippen molar-refractivity contribution in [1.29, 1.82) is 0 Å². The van der Waals surface area contributed by atoms with Gasteiger partial charge < -0.3 is 14.2 Å². The Hall–Kier alpha value is -1.92.